The van der Waals surface area contributed by atoms with E-state index >= 15 is 0 Å². The summed E-state index contributed by atoms with van der Waals surface area (Å²) in [6, 6.07) is 0. The van der Waals surface area contributed by atoms with Crippen LogP contribution in [0.3, 0.4) is 0 Å². The zero-order chi connectivity index (χ0) is 11.6. The third-order valence-electron chi connectivity index (χ3n) is 4.09. The lowest BCUT2D eigenvalue weighted by Gasteiger charge is -2.51. The molecule has 0 aromatic heterocycles. The van der Waals surface area contributed by atoms with Crippen LogP contribution in [0.25, 0.3) is 0 Å². The molecule has 0 aliphatic carbocycles. The first-order valence-electron chi connectivity index (χ1n) is 6.15. The van der Waals surface area contributed by atoms with Gasteiger partial charge in [0.1, 0.15) is 0 Å². The van der Waals surface area contributed by atoms with Gasteiger partial charge in [0.2, 0.25) is 0 Å². The van der Waals surface area contributed by atoms with Crippen molar-refractivity contribution in [1.82, 2.24) is 10.2 Å². The molecule has 94 valence electrons. The molecule has 0 aromatic rings. The lowest BCUT2D eigenvalue weighted by Crippen LogP contribution is -2.65. The summed E-state index contributed by atoms with van der Waals surface area (Å²) >= 11 is 0. The van der Waals surface area contributed by atoms with Gasteiger partial charge < -0.3 is 14.8 Å². The van der Waals surface area contributed by atoms with Gasteiger partial charge in [-0.1, -0.05) is 6.92 Å². The molecule has 0 atom stereocenters. The van der Waals surface area contributed by atoms with Crippen LogP contribution in [0, 0.1) is 5.41 Å². The maximum absolute atomic E-state index is 5.40. The molecule has 2 aliphatic heterocycles. The highest BCUT2D eigenvalue weighted by molar-refractivity contribution is 4.93. The minimum atomic E-state index is -0.330. The molecular weight excluding hydrogens is 204 g/mol. The second-order valence-corrected chi connectivity index (χ2v) is 5.52. The van der Waals surface area contributed by atoms with E-state index < -0.39 is 0 Å². The molecule has 2 saturated heterocycles. The standard InChI is InChI=1S/C12H24N2O2/c1-11(4-6-13-7-5-11)8-14-9-12(10-14,15-2)16-3/h13H,4-10H2,1-3H3. The summed E-state index contributed by atoms with van der Waals surface area (Å²) in [6.45, 7) is 7.69. The van der Waals surface area contributed by atoms with Crippen molar-refractivity contribution in [2.45, 2.75) is 25.6 Å². The first-order valence-corrected chi connectivity index (χ1v) is 6.15. The van der Waals surface area contributed by atoms with E-state index in [1.807, 2.05) is 0 Å². The van der Waals surface area contributed by atoms with Crippen molar-refractivity contribution < 1.29 is 9.47 Å². The van der Waals surface area contributed by atoms with Crippen molar-refractivity contribution in [3.8, 4) is 0 Å². The maximum atomic E-state index is 5.40. The molecule has 4 heteroatoms. The van der Waals surface area contributed by atoms with Crippen LogP contribution in [-0.2, 0) is 9.47 Å². The average molecular weight is 228 g/mol. The Morgan fingerprint density at radius 2 is 1.69 bits per heavy atom. The van der Waals surface area contributed by atoms with Crippen molar-refractivity contribution in [1.29, 1.82) is 0 Å². The van der Waals surface area contributed by atoms with Gasteiger partial charge >= 0.3 is 0 Å². The Morgan fingerprint density at radius 1 is 1.12 bits per heavy atom. The quantitative estimate of drug-likeness (QED) is 0.718. The number of likely N-dealkylation sites (tertiary alicyclic amines) is 1. The summed E-state index contributed by atoms with van der Waals surface area (Å²) in [5.74, 6) is -0.330. The molecule has 1 N–H and O–H groups in total. The summed E-state index contributed by atoms with van der Waals surface area (Å²) in [7, 11) is 3.46. The summed E-state index contributed by atoms with van der Waals surface area (Å²) in [5.41, 5.74) is 0.471. The van der Waals surface area contributed by atoms with Gasteiger partial charge in [0.25, 0.3) is 0 Å². The topological polar surface area (TPSA) is 33.7 Å². The number of hydrogen-bond donors (Lipinski definition) is 1. The summed E-state index contributed by atoms with van der Waals surface area (Å²) in [4.78, 5) is 2.44. The molecule has 0 spiro atoms. The second-order valence-electron chi connectivity index (χ2n) is 5.52. The van der Waals surface area contributed by atoms with Gasteiger partial charge in [0, 0.05) is 20.8 Å². The van der Waals surface area contributed by atoms with E-state index in [1.165, 1.54) is 19.4 Å². The first-order chi connectivity index (χ1) is 7.61. The van der Waals surface area contributed by atoms with Gasteiger partial charge in [0.15, 0.2) is 5.79 Å². The monoisotopic (exact) mass is 228 g/mol. The Bertz CT molecular complexity index is 227. The molecule has 4 nitrogen and oxygen atoms in total. The van der Waals surface area contributed by atoms with E-state index in [0.29, 0.717) is 5.41 Å². The Labute approximate surface area is 98.3 Å². The number of rotatable bonds is 4. The van der Waals surface area contributed by atoms with E-state index in [1.54, 1.807) is 14.2 Å². The molecule has 0 bridgehead atoms. The second kappa shape index (κ2) is 4.61. The first kappa shape index (κ1) is 12.3. The van der Waals surface area contributed by atoms with Gasteiger partial charge in [-0.05, 0) is 31.3 Å². The molecule has 16 heavy (non-hydrogen) atoms. The molecule has 0 amide bonds. The SMILES string of the molecule is COC1(OC)CN(CC2(C)CCNCC2)C1. The van der Waals surface area contributed by atoms with Crippen LogP contribution in [0.4, 0.5) is 0 Å². The largest absolute Gasteiger partial charge is 0.351 e. The van der Waals surface area contributed by atoms with Crippen LogP contribution in [0.5, 0.6) is 0 Å². The minimum absolute atomic E-state index is 0.330. The number of nitrogens with zero attached hydrogens (tertiary/aromatic N) is 1. The fourth-order valence-corrected chi connectivity index (χ4v) is 2.82. The lowest BCUT2D eigenvalue weighted by atomic mass is 9.79. The van der Waals surface area contributed by atoms with Crippen LogP contribution in [0.15, 0.2) is 0 Å². The molecule has 2 rings (SSSR count). The highest BCUT2D eigenvalue weighted by atomic mass is 16.7. The third kappa shape index (κ3) is 2.40. The van der Waals surface area contributed by atoms with Gasteiger partial charge in [-0.3, -0.25) is 4.90 Å². The maximum Gasteiger partial charge on any atom is 0.193 e. The van der Waals surface area contributed by atoms with E-state index in [2.05, 4.69) is 17.1 Å². The van der Waals surface area contributed by atoms with E-state index in [9.17, 15) is 0 Å². The summed E-state index contributed by atoms with van der Waals surface area (Å²) < 4.78 is 10.8. The van der Waals surface area contributed by atoms with Crippen LogP contribution >= 0.6 is 0 Å². The van der Waals surface area contributed by atoms with Crippen molar-refractivity contribution in [2.24, 2.45) is 5.41 Å². The van der Waals surface area contributed by atoms with E-state index in [4.69, 9.17) is 9.47 Å². The molecule has 0 saturated carbocycles. The summed E-state index contributed by atoms with van der Waals surface area (Å²) in [6.07, 6.45) is 2.55. The van der Waals surface area contributed by atoms with E-state index in [-0.39, 0.29) is 5.79 Å². The Hall–Kier alpha value is -0.160. The van der Waals surface area contributed by atoms with Crippen molar-refractivity contribution in [3.05, 3.63) is 0 Å². The van der Waals surface area contributed by atoms with Gasteiger partial charge in [0.05, 0.1) is 13.1 Å². The zero-order valence-corrected chi connectivity index (χ0v) is 10.7. The Kier molecular flexibility index (Phi) is 3.54. The molecular formula is C12H24N2O2. The van der Waals surface area contributed by atoms with Crippen molar-refractivity contribution in [2.75, 3.05) is 46.9 Å². The molecule has 2 heterocycles. The van der Waals surface area contributed by atoms with Gasteiger partial charge in [-0.25, -0.2) is 0 Å². The highest BCUT2D eigenvalue weighted by Gasteiger charge is 2.45. The number of piperidine rings is 1. The minimum Gasteiger partial charge on any atom is -0.351 e. The van der Waals surface area contributed by atoms with Gasteiger partial charge in [-0.2, -0.15) is 0 Å². The molecule has 2 aliphatic rings. The third-order valence-corrected chi connectivity index (χ3v) is 4.09. The highest BCUT2D eigenvalue weighted by Crippen LogP contribution is 2.33. The molecule has 0 radical (unpaired) electrons. The van der Waals surface area contributed by atoms with Crippen LogP contribution in [-0.4, -0.2) is 57.6 Å². The fraction of sp³-hybridized carbons (Fsp3) is 1.00. The smallest absolute Gasteiger partial charge is 0.193 e. The average Bonchev–Trinajstić information content (AvgIpc) is 2.24. The number of hydrogen-bond acceptors (Lipinski definition) is 4. The predicted octanol–water partition coefficient (Wildman–Crippen LogP) is 0.681. The van der Waals surface area contributed by atoms with E-state index in [0.717, 1.165) is 26.2 Å². The normalized spacial score (nSPS) is 28.7. The Morgan fingerprint density at radius 3 is 2.19 bits per heavy atom. The molecule has 0 unspecified atom stereocenters. The number of ether oxygens (including phenoxy) is 2. The molecule has 2 fully saturated rings. The zero-order valence-electron chi connectivity index (χ0n) is 10.7. The Balaban J connectivity index is 1.80. The van der Waals surface area contributed by atoms with Crippen LogP contribution < -0.4 is 5.32 Å². The number of methoxy groups -OCH3 is 2. The van der Waals surface area contributed by atoms with Gasteiger partial charge in [-0.15, -0.1) is 0 Å². The van der Waals surface area contributed by atoms with Crippen LogP contribution in [0.1, 0.15) is 19.8 Å². The lowest BCUT2D eigenvalue weighted by molar-refractivity contribution is -0.278. The molecule has 0 aromatic carbocycles. The van der Waals surface area contributed by atoms with Crippen molar-refractivity contribution >= 4 is 0 Å². The van der Waals surface area contributed by atoms with Crippen molar-refractivity contribution in [3.63, 3.8) is 0 Å². The van der Waals surface area contributed by atoms with Crippen LogP contribution in [0.2, 0.25) is 0 Å². The fourth-order valence-electron chi connectivity index (χ4n) is 2.82. The summed E-state index contributed by atoms with van der Waals surface area (Å²) in [5, 5.41) is 3.42. The predicted molar refractivity (Wildman–Crippen MR) is 63.4 cm³/mol. The number of nitrogens with one attached hydrogen (secondary N) is 1.